The number of carbonyl (C=O) groups excluding carboxylic acids is 2. The van der Waals surface area contributed by atoms with Crippen LogP contribution in [0.25, 0.3) is 0 Å². The van der Waals surface area contributed by atoms with Gasteiger partial charge in [-0.05, 0) is 30.2 Å². The van der Waals surface area contributed by atoms with Gasteiger partial charge in [0.25, 0.3) is 0 Å². The average molecular weight is 275 g/mol. The molecular formula is C15H21N3O2. The molecule has 2 N–H and O–H groups in total. The van der Waals surface area contributed by atoms with Gasteiger partial charge in [-0.25, -0.2) is 0 Å². The van der Waals surface area contributed by atoms with Crippen molar-refractivity contribution in [3.8, 4) is 0 Å². The number of rotatable bonds is 4. The highest BCUT2D eigenvalue weighted by Crippen LogP contribution is 2.21. The molecule has 1 atom stereocenters. The summed E-state index contributed by atoms with van der Waals surface area (Å²) in [5, 5.41) is 0. The van der Waals surface area contributed by atoms with E-state index in [9.17, 15) is 9.59 Å². The minimum Gasteiger partial charge on any atom is -0.399 e. The van der Waals surface area contributed by atoms with Crippen LogP contribution in [-0.4, -0.2) is 36.9 Å². The fourth-order valence-corrected chi connectivity index (χ4v) is 2.39. The van der Waals surface area contributed by atoms with Crippen LogP contribution in [0.1, 0.15) is 19.8 Å². The van der Waals surface area contributed by atoms with Crippen molar-refractivity contribution in [3.05, 3.63) is 24.3 Å². The zero-order chi connectivity index (χ0) is 14.7. The minimum absolute atomic E-state index is 0.0795. The lowest BCUT2D eigenvalue weighted by Crippen LogP contribution is -2.39. The predicted molar refractivity (Wildman–Crippen MR) is 79.2 cm³/mol. The summed E-state index contributed by atoms with van der Waals surface area (Å²) in [6, 6.07) is 7.11. The van der Waals surface area contributed by atoms with E-state index in [-0.39, 0.29) is 18.4 Å². The summed E-state index contributed by atoms with van der Waals surface area (Å²) in [6.45, 7) is 2.91. The summed E-state index contributed by atoms with van der Waals surface area (Å²) >= 11 is 0. The summed E-state index contributed by atoms with van der Waals surface area (Å²) in [6.07, 6.45) is 1.54. The Kier molecular flexibility index (Phi) is 4.27. The van der Waals surface area contributed by atoms with Crippen LogP contribution in [-0.2, 0) is 9.59 Å². The number of anilines is 2. The molecule has 0 spiro atoms. The molecule has 2 rings (SSSR count). The number of nitrogens with two attached hydrogens (primary N) is 1. The second-order valence-electron chi connectivity index (χ2n) is 5.30. The number of likely N-dealkylation sites (tertiary alicyclic amines) is 1. The van der Waals surface area contributed by atoms with Crippen LogP contribution in [0.4, 0.5) is 11.4 Å². The Balaban J connectivity index is 1.98. The Bertz CT molecular complexity index is 498. The zero-order valence-electron chi connectivity index (χ0n) is 12.0. The van der Waals surface area contributed by atoms with E-state index in [4.69, 9.17) is 5.73 Å². The van der Waals surface area contributed by atoms with E-state index in [0.29, 0.717) is 24.6 Å². The maximum absolute atomic E-state index is 12.2. The van der Waals surface area contributed by atoms with Gasteiger partial charge in [0, 0.05) is 31.4 Å². The molecule has 1 fully saturated rings. The van der Waals surface area contributed by atoms with Crippen molar-refractivity contribution < 1.29 is 9.59 Å². The molecular weight excluding hydrogens is 254 g/mol. The van der Waals surface area contributed by atoms with Crippen molar-refractivity contribution in [1.82, 2.24) is 4.90 Å². The molecule has 1 aromatic carbocycles. The minimum atomic E-state index is -0.0834. The van der Waals surface area contributed by atoms with Crippen molar-refractivity contribution in [2.45, 2.75) is 19.8 Å². The highest BCUT2D eigenvalue weighted by molar-refractivity contribution is 5.96. The molecule has 0 saturated carbocycles. The van der Waals surface area contributed by atoms with Gasteiger partial charge in [0.15, 0.2) is 0 Å². The van der Waals surface area contributed by atoms with Gasteiger partial charge in [0.05, 0.1) is 0 Å². The van der Waals surface area contributed by atoms with E-state index in [1.165, 1.54) is 0 Å². The Labute approximate surface area is 119 Å². The molecule has 5 heteroatoms. The normalized spacial score (nSPS) is 18.4. The van der Waals surface area contributed by atoms with Crippen molar-refractivity contribution in [3.63, 3.8) is 0 Å². The summed E-state index contributed by atoms with van der Waals surface area (Å²) in [7, 11) is 1.71. The summed E-state index contributed by atoms with van der Waals surface area (Å²) in [5.74, 6) is 0.382. The number of carbonyl (C=O) groups is 2. The first-order valence-corrected chi connectivity index (χ1v) is 6.91. The van der Waals surface area contributed by atoms with Crippen LogP contribution in [0.2, 0.25) is 0 Å². The van der Waals surface area contributed by atoms with E-state index in [1.54, 1.807) is 41.1 Å². The molecule has 5 nitrogen and oxygen atoms in total. The Morgan fingerprint density at radius 3 is 2.60 bits per heavy atom. The topological polar surface area (TPSA) is 66.6 Å². The number of hydrogen-bond donors (Lipinski definition) is 1. The lowest BCUT2D eigenvalue weighted by molar-refractivity contribution is -0.132. The summed E-state index contributed by atoms with van der Waals surface area (Å²) < 4.78 is 0. The third-order valence-electron chi connectivity index (χ3n) is 3.85. The number of hydrogen-bond acceptors (Lipinski definition) is 3. The molecule has 20 heavy (non-hydrogen) atoms. The van der Waals surface area contributed by atoms with Gasteiger partial charge in [-0.2, -0.15) is 0 Å². The van der Waals surface area contributed by atoms with Crippen LogP contribution in [0.3, 0.4) is 0 Å². The van der Waals surface area contributed by atoms with Crippen LogP contribution in [0.5, 0.6) is 0 Å². The maximum Gasteiger partial charge on any atom is 0.246 e. The third-order valence-corrected chi connectivity index (χ3v) is 3.85. The quantitative estimate of drug-likeness (QED) is 0.847. The van der Waals surface area contributed by atoms with E-state index in [2.05, 4.69) is 6.92 Å². The van der Waals surface area contributed by atoms with Gasteiger partial charge in [-0.15, -0.1) is 0 Å². The van der Waals surface area contributed by atoms with Crippen LogP contribution >= 0.6 is 0 Å². The smallest absolute Gasteiger partial charge is 0.246 e. The van der Waals surface area contributed by atoms with Gasteiger partial charge in [0.2, 0.25) is 11.8 Å². The van der Waals surface area contributed by atoms with Crippen molar-refractivity contribution in [2.75, 3.05) is 30.8 Å². The molecule has 1 aromatic rings. The highest BCUT2D eigenvalue weighted by Gasteiger charge is 2.30. The number of benzene rings is 1. The van der Waals surface area contributed by atoms with E-state index < -0.39 is 0 Å². The van der Waals surface area contributed by atoms with Crippen LogP contribution < -0.4 is 10.6 Å². The van der Waals surface area contributed by atoms with Gasteiger partial charge in [0.1, 0.15) is 6.54 Å². The van der Waals surface area contributed by atoms with Crippen molar-refractivity contribution in [2.24, 2.45) is 5.92 Å². The number of amides is 2. The monoisotopic (exact) mass is 275 g/mol. The second-order valence-corrected chi connectivity index (χ2v) is 5.30. The molecule has 0 aliphatic carbocycles. The maximum atomic E-state index is 12.2. The number of nitrogen functional groups attached to an aromatic ring is 1. The molecule has 0 bridgehead atoms. The largest absolute Gasteiger partial charge is 0.399 e. The average Bonchev–Trinajstić information content (AvgIpc) is 2.79. The molecule has 0 radical (unpaired) electrons. The van der Waals surface area contributed by atoms with Crippen LogP contribution in [0.15, 0.2) is 24.3 Å². The lowest BCUT2D eigenvalue weighted by atomic mass is 10.1. The van der Waals surface area contributed by atoms with Crippen LogP contribution in [0, 0.1) is 5.92 Å². The molecule has 1 aliphatic rings. The summed E-state index contributed by atoms with van der Waals surface area (Å²) in [4.78, 5) is 27.3. The predicted octanol–water partition coefficient (Wildman–Crippen LogP) is 1.49. The van der Waals surface area contributed by atoms with Gasteiger partial charge >= 0.3 is 0 Å². The molecule has 2 amide bonds. The standard InChI is InChI=1S/C15H21N3O2/c1-3-11-8-14(19)18(9-11)10-15(20)17(2)13-6-4-12(16)5-7-13/h4-7,11H,3,8-10,16H2,1-2H3. The zero-order valence-corrected chi connectivity index (χ0v) is 12.0. The first-order chi connectivity index (χ1) is 9.51. The fraction of sp³-hybridized carbons (Fsp3) is 0.467. The Morgan fingerprint density at radius 2 is 2.05 bits per heavy atom. The first-order valence-electron chi connectivity index (χ1n) is 6.91. The molecule has 1 saturated heterocycles. The molecule has 1 unspecified atom stereocenters. The summed E-state index contributed by atoms with van der Waals surface area (Å²) in [5.41, 5.74) is 7.07. The van der Waals surface area contributed by atoms with E-state index in [1.807, 2.05) is 0 Å². The number of likely N-dealkylation sites (N-methyl/N-ethyl adjacent to an activating group) is 1. The second kappa shape index (κ2) is 5.94. The Hall–Kier alpha value is -2.04. The van der Waals surface area contributed by atoms with Crippen molar-refractivity contribution >= 4 is 23.2 Å². The lowest BCUT2D eigenvalue weighted by Gasteiger charge is -2.22. The molecule has 108 valence electrons. The van der Waals surface area contributed by atoms with Gasteiger partial charge in [-0.3, -0.25) is 9.59 Å². The van der Waals surface area contributed by atoms with E-state index >= 15 is 0 Å². The molecule has 0 aromatic heterocycles. The first kappa shape index (κ1) is 14.4. The SMILES string of the molecule is CCC1CC(=O)N(CC(=O)N(C)c2ccc(N)cc2)C1. The van der Waals surface area contributed by atoms with Crippen molar-refractivity contribution in [1.29, 1.82) is 0 Å². The fourth-order valence-electron chi connectivity index (χ4n) is 2.39. The Morgan fingerprint density at radius 1 is 1.40 bits per heavy atom. The third kappa shape index (κ3) is 3.10. The molecule has 1 aliphatic heterocycles. The highest BCUT2D eigenvalue weighted by atomic mass is 16.2. The molecule has 1 heterocycles. The van der Waals surface area contributed by atoms with Gasteiger partial charge in [-0.1, -0.05) is 13.3 Å². The van der Waals surface area contributed by atoms with Gasteiger partial charge < -0.3 is 15.5 Å². The van der Waals surface area contributed by atoms with E-state index in [0.717, 1.165) is 12.1 Å². The number of nitrogens with zero attached hydrogens (tertiary/aromatic N) is 2.